The molecule has 0 unspecified atom stereocenters. The van der Waals surface area contributed by atoms with E-state index in [1.54, 1.807) is 12.3 Å². The predicted molar refractivity (Wildman–Crippen MR) is 72.5 cm³/mol. The standard InChI is InChI=1S/C11H10N2O5S2/c1-6-2-8(14)13(18-6)9(15)5-20-11-12-7(4-19-11)3-10(16)17/h2,4H,3,5H2,1H3,(H,16,17). The Hall–Kier alpha value is -1.87. The van der Waals surface area contributed by atoms with Gasteiger partial charge in [0.1, 0.15) is 5.76 Å². The molecule has 9 heteroatoms. The monoisotopic (exact) mass is 314 g/mol. The second-order valence-corrected chi connectivity index (χ2v) is 5.92. The van der Waals surface area contributed by atoms with E-state index in [-0.39, 0.29) is 12.2 Å². The first kappa shape index (κ1) is 14.5. The highest BCUT2D eigenvalue weighted by Crippen LogP contribution is 2.23. The maximum Gasteiger partial charge on any atom is 0.309 e. The van der Waals surface area contributed by atoms with Crippen molar-refractivity contribution in [2.24, 2.45) is 0 Å². The summed E-state index contributed by atoms with van der Waals surface area (Å²) in [5.41, 5.74) is -0.0535. The summed E-state index contributed by atoms with van der Waals surface area (Å²) < 4.78 is 6.25. The maximum absolute atomic E-state index is 11.8. The van der Waals surface area contributed by atoms with Crippen molar-refractivity contribution in [3.05, 3.63) is 33.3 Å². The predicted octanol–water partition coefficient (Wildman–Crippen LogP) is 1.27. The molecule has 2 rings (SSSR count). The highest BCUT2D eigenvalue weighted by atomic mass is 32.2. The third-order valence-corrected chi connectivity index (χ3v) is 4.23. The van der Waals surface area contributed by atoms with Crippen LogP contribution in [0.2, 0.25) is 0 Å². The van der Waals surface area contributed by atoms with E-state index in [0.29, 0.717) is 20.5 Å². The van der Waals surface area contributed by atoms with E-state index in [4.69, 9.17) is 9.63 Å². The summed E-state index contributed by atoms with van der Waals surface area (Å²) in [4.78, 5) is 37.7. The molecular formula is C11H10N2O5S2. The molecule has 2 heterocycles. The van der Waals surface area contributed by atoms with Crippen LogP contribution in [0.3, 0.4) is 0 Å². The number of aromatic nitrogens is 2. The molecule has 0 aromatic carbocycles. The van der Waals surface area contributed by atoms with Crippen LogP contribution in [0.25, 0.3) is 0 Å². The number of thiazole rings is 1. The zero-order valence-electron chi connectivity index (χ0n) is 10.4. The van der Waals surface area contributed by atoms with Crippen molar-refractivity contribution in [3.63, 3.8) is 0 Å². The number of nitrogens with zero attached hydrogens (tertiary/aromatic N) is 2. The molecule has 0 saturated heterocycles. The number of aryl methyl sites for hydroxylation is 1. The minimum atomic E-state index is -0.958. The van der Waals surface area contributed by atoms with E-state index in [0.717, 1.165) is 11.8 Å². The van der Waals surface area contributed by atoms with Crippen LogP contribution in [0.15, 0.2) is 25.1 Å². The zero-order valence-corrected chi connectivity index (χ0v) is 12.0. The SMILES string of the molecule is Cc1cc(=O)n(C(=O)CSc2nc(CC(=O)O)cs2)o1. The zero-order chi connectivity index (χ0) is 14.7. The first-order chi connectivity index (χ1) is 9.45. The molecule has 0 aliphatic heterocycles. The Morgan fingerprint density at radius 2 is 2.30 bits per heavy atom. The van der Waals surface area contributed by atoms with Gasteiger partial charge in [-0.1, -0.05) is 11.8 Å². The average molecular weight is 314 g/mol. The van der Waals surface area contributed by atoms with Crippen LogP contribution in [0, 0.1) is 6.92 Å². The third kappa shape index (κ3) is 3.58. The number of hydrogen-bond donors (Lipinski definition) is 1. The molecule has 0 saturated carbocycles. The summed E-state index contributed by atoms with van der Waals surface area (Å²) in [6, 6.07) is 1.23. The summed E-state index contributed by atoms with van der Waals surface area (Å²) >= 11 is 2.39. The number of carboxylic acids is 1. The van der Waals surface area contributed by atoms with Crippen molar-refractivity contribution in [2.75, 3.05) is 5.75 Å². The number of carbonyl (C=O) groups excluding carboxylic acids is 1. The van der Waals surface area contributed by atoms with E-state index >= 15 is 0 Å². The Labute approximate surface area is 121 Å². The number of aliphatic carboxylic acids is 1. The molecule has 0 fully saturated rings. The molecule has 7 nitrogen and oxygen atoms in total. The number of rotatable bonds is 5. The van der Waals surface area contributed by atoms with E-state index in [2.05, 4.69) is 4.98 Å². The van der Waals surface area contributed by atoms with Gasteiger partial charge in [0.2, 0.25) is 0 Å². The molecule has 0 aliphatic carbocycles. The Balaban J connectivity index is 1.96. The summed E-state index contributed by atoms with van der Waals surface area (Å²) in [6.07, 6.45) is -0.151. The van der Waals surface area contributed by atoms with Crippen LogP contribution in [0.4, 0.5) is 0 Å². The van der Waals surface area contributed by atoms with Gasteiger partial charge in [0, 0.05) is 11.4 Å². The average Bonchev–Trinajstić information content (AvgIpc) is 2.92. The molecule has 0 amide bonds. The molecule has 0 bridgehead atoms. The van der Waals surface area contributed by atoms with Crippen LogP contribution in [0.1, 0.15) is 16.2 Å². The van der Waals surface area contributed by atoms with Crippen molar-refractivity contribution in [1.29, 1.82) is 0 Å². The lowest BCUT2D eigenvalue weighted by Gasteiger charge is -1.97. The fourth-order valence-electron chi connectivity index (χ4n) is 1.39. The van der Waals surface area contributed by atoms with Crippen molar-refractivity contribution >= 4 is 35.0 Å². The number of carboxylic acid groups (broad SMARTS) is 1. The molecule has 20 heavy (non-hydrogen) atoms. The number of carbonyl (C=O) groups is 2. The van der Waals surface area contributed by atoms with Crippen LogP contribution in [-0.2, 0) is 11.2 Å². The topological polar surface area (TPSA) is 102 Å². The minimum Gasteiger partial charge on any atom is -0.481 e. The Morgan fingerprint density at radius 1 is 1.55 bits per heavy atom. The first-order valence-electron chi connectivity index (χ1n) is 5.48. The quantitative estimate of drug-likeness (QED) is 0.829. The fourth-order valence-corrected chi connectivity index (χ4v) is 3.08. The lowest BCUT2D eigenvalue weighted by atomic mass is 10.3. The lowest BCUT2D eigenvalue weighted by Crippen LogP contribution is -2.23. The molecule has 0 atom stereocenters. The van der Waals surface area contributed by atoms with Crippen molar-refractivity contribution in [3.8, 4) is 0 Å². The van der Waals surface area contributed by atoms with Crippen LogP contribution >= 0.6 is 23.1 Å². The van der Waals surface area contributed by atoms with Crippen molar-refractivity contribution < 1.29 is 19.2 Å². The van der Waals surface area contributed by atoms with Gasteiger partial charge in [-0.2, -0.15) is 0 Å². The van der Waals surface area contributed by atoms with Crippen molar-refractivity contribution in [1.82, 2.24) is 9.72 Å². The Kier molecular flexibility index (Phi) is 4.40. The van der Waals surface area contributed by atoms with Gasteiger partial charge < -0.3 is 9.63 Å². The van der Waals surface area contributed by atoms with E-state index in [1.165, 1.54) is 17.4 Å². The highest BCUT2D eigenvalue weighted by molar-refractivity contribution is 8.01. The molecule has 2 aromatic heterocycles. The molecule has 1 N–H and O–H groups in total. The second kappa shape index (κ2) is 6.06. The number of thioether (sulfide) groups is 1. The second-order valence-electron chi connectivity index (χ2n) is 3.84. The third-order valence-electron chi connectivity index (χ3n) is 2.17. The normalized spacial score (nSPS) is 10.7. The summed E-state index contributed by atoms with van der Waals surface area (Å²) in [6.45, 7) is 1.58. The Morgan fingerprint density at radius 3 is 2.90 bits per heavy atom. The van der Waals surface area contributed by atoms with Crippen LogP contribution in [-0.4, -0.2) is 32.5 Å². The van der Waals surface area contributed by atoms with E-state index in [1.807, 2.05) is 0 Å². The van der Waals surface area contributed by atoms with Gasteiger partial charge >= 0.3 is 5.97 Å². The van der Waals surface area contributed by atoms with Gasteiger partial charge in [-0.25, -0.2) is 4.98 Å². The van der Waals surface area contributed by atoms with Crippen LogP contribution < -0.4 is 5.56 Å². The van der Waals surface area contributed by atoms with Gasteiger partial charge in [-0.15, -0.1) is 16.1 Å². The van der Waals surface area contributed by atoms with Gasteiger partial charge in [0.05, 0.1) is 17.9 Å². The smallest absolute Gasteiger partial charge is 0.309 e. The molecule has 0 spiro atoms. The summed E-state index contributed by atoms with van der Waals surface area (Å²) in [7, 11) is 0. The molecular weight excluding hydrogens is 304 g/mol. The summed E-state index contributed by atoms with van der Waals surface area (Å²) in [5.74, 6) is -1.08. The largest absolute Gasteiger partial charge is 0.481 e. The van der Waals surface area contributed by atoms with Gasteiger partial charge in [0.15, 0.2) is 4.34 Å². The number of hydrogen-bond acceptors (Lipinski definition) is 7. The molecule has 0 aliphatic rings. The molecule has 2 aromatic rings. The van der Waals surface area contributed by atoms with Crippen LogP contribution in [0.5, 0.6) is 0 Å². The molecule has 106 valence electrons. The van der Waals surface area contributed by atoms with E-state index < -0.39 is 17.4 Å². The van der Waals surface area contributed by atoms with Gasteiger partial charge in [-0.05, 0) is 6.92 Å². The lowest BCUT2D eigenvalue weighted by molar-refractivity contribution is -0.136. The fraction of sp³-hybridized carbons (Fsp3) is 0.273. The Bertz CT molecular complexity index is 700. The van der Waals surface area contributed by atoms with Crippen molar-refractivity contribution in [2.45, 2.75) is 17.7 Å². The summed E-state index contributed by atoms with van der Waals surface area (Å²) in [5, 5.41) is 10.3. The van der Waals surface area contributed by atoms with E-state index in [9.17, 15) is 14.4 Å². The molecule has 0 radical (unpaired) electrons. The van der Waals surface area contributed by atoms with Gasteiger partial charge in [0.25, 0.3) is 11.5 Å². The van der Waals surface area contributed by atoms with Gasteiger partial charge in [-0.3, -0.25) is 14.4 Å². The first-order valence-corrected chi connectivity index (χ1v) is 7.34. The highest BCUT2D eigenvalue weighted by Gasteiger charge is 2.14. The maximum atomic E-state index is 11.8. The minimum absolute atomic E-state index is 0.00706.